The highest BCUT2D eigenvalue weighted by Gasteiger charge is 2.11. The molecule has 0 atom stereocenters. The molecule has 0 aliphatic heterocycles. The summed E-state index contributed by atoms with van der Waals surface area (Å²) in [5.41, 5.74) is 8.28. The summed E-state index contributed by atoms with van der Waals surface area (Å²) in [6.45, 7) is 0.140. The molecule has 5 heteroatoms. The summed E-state index contributed by atoms with van der Waals surface area (Å²) in [6.07, 6.45) is 0. The highest BCUT2D eigenvalue weighted by atomic mass is 16.1. The molecule has 5 nitrogen and oxygen atoms in total. The largest absolute Gasteiger partial charge is 0.369 e. The lowest BCUT2D eigenvalue weighted by Crippen LogP contribution is -2.19. The van der Waals surface area contributed by atoms with Crippen molar-refractivity contribution in [1.29, 1.82) is 0 Å². The van der Waals surface area contributed by atoms with Crippen LogP contribution < -0.4 is 11.1 Å². The number of imidazole rings is 1. The number of hydrogen-bond donors (Lipinski definition) is 2. The smallest absolute Gasteiger partial charge is 0.244 e. The van der Waals surface area contributed by atoms with E-state index in [1.165, 1.54) is 0 Å². The van der Waals surface area contributed by atoms with Gasteiger partial charge in [0.2, 0.25) is 11.9 Å². The summed E-state index contributed by atoms with van der Waals surface area (Å²) in [4.78, 5) is 16.3. The Balaban J connectivity index is 1.83. The van der Waals surface area contributed by atoms with Gasteiger partial charge in [-0.1, -0.05) is 30.3 Å². The van der Waals surface area contributed by atoms with Crippen molar-refractivity contribution >= 4 is 28.6 Å². The molecule has 0 radical (unpaired) electrons. The van der Waals surface area contributed by atoms with Crippen molar-refractivity contribution in [1.82, 2.24) is 9.55 Å². The molecule has 0 spiro atoms. The second-order valence-corrected chi connectivity index (χ2v) is 4.46. The second-order valence-electron chi connectivity index (χ2n) is 4.46. The van der Waals surface area contributed by atoms with Crippen LogP contribution in [0.3, 0.4) is 0 Å². The van der Waals surface area contributed by atoms with E-state index in [2.05, 4.69) is 10.3 Å². The van der Waals surface area contributed by atoms with Gasteiger partial charge in [-0.05, 0) is 24.3 Å². The van der Waals surface area contributed by atoms with Crippen LogP contribution >= 0.6 is 0 Å². The first-order valence-corrected chi connectivity index (χ1v) is 6.30. The number of nitrogen functional groups attached to an aromatic ring is 1. The number of carbonyl (C=O) groups is 1. The van der Waals surface area contributed by atoms with E-state index in [1.807, 2.05) is 54.6 Å². The zero-order valence-corrected chi connectivity index (χ0v) is 10.8. The molecule has 3 aromatic rings. The molecule has 1 amide bonds. The Morgan fingerprint density at radius 2 is 1.80 bits per heavy atom. The Bertz CT molecular complexity index is 749. The number of nitrogens with two attached hydrogens (primary N) is 1. The van der Waals surface area contributed by atoms with Crippen molar-refractivity contribution in [2.45, 2.75) is 6.54 Å². The fourth-order valence-electron chi connectivity index (χ4n) is 2.13. The minimum atomic E-state index is -0.133. The minimum Gasteiger partial charge on any atom is -0.369 e. The zero-order valence-electron chi connectivity index (χ0n) is 10.8. The number of nitrogens with zero attached hydrogens (tertiary/aromatic N) is 2. The summed E-state index contributed by atoms with van der Waals surface area (Å²) >= 11 is 0. The number of carbonyl (C=O) groups excluding carboxylic acids is 1. The number of aromatic nitrogens is 2. The summed E-state index contributed by atoms with van der Waals surface area (Å²) < 4.78 is 1.70. The van der Waals surface area contributed by atoms with Gasteiger partial charge in [0.15, 0.2) is 0 Å². The molecule has 0 saturated carbocycles. The maximum absolute atomic E-state index is 12.1. The van der Waals surface area contributed by atoms with E-state index in [0.29, 0.717) is 5.95 Å². The number of amides is 1. The summed E-state index contributed by atoms with van der Waals surface area (Å²) in [6, 6.07) is 16.9. The van der Waals surface area contributed by atoms with Crippen LogP contribution in [0.25, 0.3) is 11.0 Å². The van der Waals surface area contributed by atoms with E-state index in [0.717, 1.165) is 16.7 Å². The lowest BCUT2D eigenvalue weighted by molar-refractivity contribution is -0.116. The minimum absolute atomic E-state index is 0.133. The van der Waals surface area contributed by atoms with Crippen LogP contribution in [0.5, 0.6) is 0 Å². The summed E-state index contributed by atoms with van der Waals surface area (Å²) in [7, 11) is 0. The van der Waals surface area contributed by atoms with E-state index in [4.69, 9.17) is 5.73 Å². The molecule has 1 heterocycles. The lowest BCUT2D eigenvalue weighted by Gasteiger charge is -2.07. The van der Waals surface area contributed by atoms with E-state index < -0.39 is 0 Å². The highest BCUT2D eigenvalue weighted by Crippen LogP contribution is 2.17. The van der Waals surface area contributed by atoms with Gasteiger partial charge in [-0.3, -0.25) is 4.79 Å². The molecule has 0 unspecified atom stereocenters. The SMILES string of the molecule is Nc1nc2ccccc2n1CC(=O)Nc1ccccc1. The molecule has 0 bridgehead atoms. The van der Waals surface area contributed by atoms with Crippen molar-refractivity contribution in [2.75, 3.05) is 11.1 Å². The van der Waals surface area contributed by atoms with Crippen LogP contribution in [0.15, 0.2) is 54.6 Å². The molecule has 2 aromatic carbocycles. The number of anilines is 2. The van der Waals surface area contributed by atoms with Gasteiger partial charge in [-0.2, -0.15) is 0 Å². The number of rotatable bonds is 3. The van der Waals surface area contributed by atoms with Crippen LogP contribution in [-0.2, 0) is 11.3 Å². The third-order valence-electron chi connectivity index (χ3n) is 3.04. The third-order valence-corrected chi connectivity index (χ3v) is 3.04. The van der Waals surface area contributed by atoms with Gasteiger partial charge >= 0.3 is 0 Å². The monoisotopic (exact) mass is 266 g/mol. The first kappa shape index (κ1) is 12.2. The molecule has 3 rings (SSSR count). The van der Waals surface area contributed by atoms with E-state index in [1.54, 1.807) is 4.57 Å². The number of fused-ring (bicyclic) bond motifs is 1. The molecule has 0 aliphatic carbocycles. The van der Waals surface area contributed by atoms with Crippen LogP contribution in [0, 0.1) is 0 Å². The molecule has 0 fully saturated rings. The standard InChI is InChI=1S/C15H14N4O/c16-15-18-12-8-4-5-9-13(12)19(15)10-14(20)17-11-6-2-1-3-7-11/h1-9H,10H2,(H2,16,18)(H,17,20). The molecule has 0 aliphatic rings. The zero-order chi connectivity index (χ0) is 13.9. The fraction of sp³-hybridized carbons (Fsp3) is 0.0667. The predicted molar refractivity (Wildman–Crippen MR) is 79.2 cm³/mol. The lowest BCUT2D eigenvalue weighted by atomic mass is 10.3. The number of nitrogens with one attached hydrogen (secondary N) is 1. The van der Waals surface area contributed by atoms with Crippen LogP contribution in [-0.4, -0.2) is 15.5 Å². The maximum Gasteiger partial charge on any atom is 0.244 e. The first-order valence-electron chi connectivity index (χ1n) is 6.30. The Labute approximate surface area is 116 Å². The first-order chi connectivity index (χ1) is 9.74. The molecule has 20 heavy (non-hydrogen) atoms. The van der Waals surface area contributed by atoms with Crippen molar-refractivity contribution in [3.05, 3.63) is 54.6 Å². The molecule has 100 valence electrons. The molecule has 1 aromatic heterocycles. The van der Waals surface area contributed by atoms with Gasteiger partial charge in [-0.15, -0.1) is 0 Å². The predicted octanol–water partition coefficient (Wildman–Crippen LogP) is 2.26. The van der Waals surface area contributed by atoms with E-state index in [9.17, 15) is 4.79 Å². The normalized spacial score (nSPS) is 10.6. The molecule has 0 saturated heterocycles. The maximum atomic E-state index is 12.1. The Morgan fingerprint density at radius 1 is 1.10 bits per heavy atom. The van der Waals surface area contributed by atoms with Crippen LogP contribution in [0.4, 0.5) is 11.6 Å². The van der Waals surface area contributed by atoms with Gasteiger partial charge in [0, 0.05) is 5.69 Å². The third kappa shape index (κ3) is 2.33. The van der Waals surface area contributed by atoms with Gasteiger partial charge in [0.1, 0.15) is 6.54 Å². The average molecular weight is 266 g/mol. The van der Waals surface area contributed by atoms with Crippen LogP contribution in [0.1, 0.15) is 0 Å². The number of hydrogen-bond acceptors (Lipinski definition) is 3. The summed E-state index contributed by atoms with van der Waals surface area (Å²) in [5, 5.41) is 2.83. The highest BCUT2D eigenvalue weighted by molar-refractivity contribution is 5.92. The van der Waals surface area contributed by atoms with Crippen molar-refractivity contribution in [3.63, 3.8) is 0 Å². The summed E-state index contributed by atoms with van der Waals surface area (Å²) in [5.74, 6) is 0.209. The van der Waals surface area contributed by atoms with Gasteiger partial charge in [-0.25, -0.2) is 4.98 Å². The van der Waals surface area contributed by atoms with Crippen molar-refractivity contribution in [3.8, 4) is 0 Å². The van der Waals surface area contributed by atoms with Gasteiger partial charge in [0.25, 0.3) is 0 Å². The molecular weight excluding hydrogens is 252 g/mol. The fourth-order valence-corrected chi connectivity index (χ4v) is 2.13. The van der Waals surface area contributed by atoms with Gasteiger partial charge < -0.3 is 15.6 Å². The van der Waals surface area contributed by atoms with E-state index >= 15 is 0 Å². The Morgan fingerprint density at radius 3 is 2.60 bits per heavy atom. The average Bonchev–Trinajstić information content (AvgIpc) is 2.76. The Kier molecular flexibility index (Phi) is 3.09. The topological polar surface area (TPSA) is 72.9 Å². The molecular formula is C15H14N4O. The Hall–Kier alpha value is -2.82. The quantitative estimate of drug-likeness (QED) is 0.763. The van der Waals surface area contributed by atoms with Crippen molar-refractivity contribution < 1.29 is 4.79 Å². The van der Waals surface area contributed by atoms with Crippen molar-refractivity contribution in [2.24, 2.45) is 0 Å². The molecule has 3 N–H and O–H groups in total. The van der Waals surface area contributed by atoms with Gasteiger partial charge in [0.05, 0.1) is 11.0 Å². The van der Waals surface area contributed by atoms with Crippen LogP contribution in [0.2, 0.25) is 0 Å². The van der Waals surface area contributed by atoms with E-state index in [-0.39, 0.29) is 12.5 Å². The number of para-hydroxylation sites is 3. The number of benzene rings is 2. The second kappa shape index (κ2) is 5.05.